The van der Waals surface area contributed by atoms with Gasteiger partial charge in [-0.2, -0.15) is 0 Å². The normalized spacial score (nSPS) is 8.87. The average Bonchev–Trinajstić information content (AvgIpc) is 2.26. The first-order chi connectivity index (χ1) is 7.15. The molecule has 1 rings (SSSR count). The minimum absolute atomic E-state index is 0.137. The second kappa shape index (κ2) is 7.23. The van der Waals surface area contributed by atoms with E-state index in [2.05, 4.69) is 4.94 Å². The highest BCUT2D eigenvalue weighted by Crippen LogP contribution is 2.20. The van der Waals surface area contributed by atoms with E-state index in [0.717, 1.165) is 5.56 Å². The van der Waals surface area contributed by atoms with Crippen molar-refractivity contribution in [2.24, 2.45) is 0 Å². The number of rotatable bonds is 2. The van der Waals surface area contributed by atoms with Crippen molar-refractivity contribution in [3.8, 4) is 0 Å². The molecule has 0 saturated heterocycles. The summed E-state index contributed by atoms with van der Waals surface area (Å²) in [5.41, 5.74) is 1.45. The molecule has 0 unspecified atom stereocenters. The van der Waals surface area contributed by atoms with Crippen molar-refractivity contribution in [2.45, 2.75) is 27.2 Å². The van der Waals surface area contributed by atoms with Crippen molar-refractivity contribution in [3.05, 3.63) is 34.3 Å². The van der Waals surface area contributed by atoms with Gasteiger partial charge in [0.1, 0.15) is 0 Å². The molecule has 0 spiro atoms. The molecule has 0 N–H and O–H groups in total. The third kappa shape index (κ3) is 4.30. The summed E-state index contributed by atoms with van der Waals surface area (Å²) >= 11 is 5.80. The van der Waals surface area contributed by atoms with Crippen LogP contribution in [0.1, 0.15) is 25.0 Å². The van der Waals surface area contributed by atoms with Crippen LogP contribution in [0.3, 0.4) is 0 Å². The molecule has 0 aliphatic rings. The maximum Gasteiger partial charge on any atom is 0.353 e. The van der Waals surface area contributed by atoms with Crippen LogP contribution in [0.5, 0.6) is 0 Å². The van der Waals surface area contributed by atoms with E-state index in [1.165, 1.54) is 0 Å². The van der Waals surface area contributed by atoms with Crippen LogP contribution < -0.4 is 0 Å². The molecule has 0 atom stereocenters. The molecule has 15 heavy (non-hydrogen) atoms. The average molecular weight is 233 g/mol. The first-order valence-electron chi connectivity index (χ1n) is 4.70. The molecule has 0 saturated carbocycles. The summed E-state index contributed by atoms with van der Waals surface area (Å²) in [5, 5.41) is 0.449. The van der Waals surface area contributed by atoms with Crippen LogP contribution in [0.4, 0.5) is 4.53 Å². The van der Waals surface area contributed by atoms with Crippen LogP contribution in [0, 0.1) is 6.92 Å². The van der Waals surface area contributed by atoms with Gasteiger partial charge in [0.2, 0.25) is 0 Å². The number of aryl methyl sites for hydroxylation is 1. The Morgan fingerprint density at radius 3 is 2.53 bits per heavy atom. The molecule has 1 aromatic carbocycles. The highest BCUT2D eigenvalue weighted by Gasteiger charge is 2.10. The van der Waals surface area contributed by atoms with E-state index in [-0.39, 0.29) is 6.42 Å². The maximum absolute atomic E-state index is 11.4. The van der Waals surface area contributed by atoms with E-state index in [0.29, 0.717) is 10.6 Å². The van der Waals surface area contributed by atoms with E-state index < -0.39 is 5.97 Å². The Hall–Kier alpha value is -1.09. The van der Waals surface area contributed by atoms with Crippen LogP contribution in [-0.2, 0) is 16.2 Å². The van der Waals surface area contributed by atoms with E-state index >= 15 is 0 Å². The second-order valence-electron chi connectivity index (χ2n) is 2.66. The van der Waals surface area contributed by atoms with Gasteiger partial charge in [0, 0.05) is 9.55 Å². The lowest BCUT2D eigenvalue weighted by Crippen LogP contribution is -2.04. The third-order valence-corrected chi connectivity index (χ3v) is 2.11. The zero-order chi connectivity index (χ0) is 11.8. The van der Waals surface area contributed by atoms with Gasteiger partial charge in [-0.3, -0.25) is 4.94 Å². The van der Waals surface area contributed by atoms with Crippen molar-refractivity contribution < 1.29 is 14.3 Å². The highest BCUT2D eigenvalue weighted by molar-refractivity contribution is 6.31. The van der Waals surface area contributed by atoms with Crippen molar-refractivity contribution in [1.29, 1.82) is 0 Å². The molecule has 1 aromatic rings. The van der Waals surface area contributed by atoms with Crippen molar-refractivity contribution in [1.82, 2.24) is 0 Å². The SMILES string of the molecule is CC.Cc1cccc(Cl)c1CC(=O)OF. The molecule has 0 aromatic heterocycles. The fourth-order valence-electron chi connectivity index (χ4n) is 1.06. The standard InChI is InChI=1S/C9H8ClFO2.C2H6/c1-6-3-2-4-8(10)7(6)5-9(12)13-11;1-2/h2-4H,5H2,1H3;1-2H3. The zero-order valence-electron chi connectivity index (χ0n) is 9.01. The molecular formula is C11H14ClFO2. The molecule has 84 valence electrons. The summed E-state index contributed by atoms with van der Waals surface area (Å²) in [6, 6.07) is 5.21. The zero-order valence-corrected chi connectivity index (χ0v) is 9.77. The molecule has 0 heterocycles. The van der Waals surface area contributed by atoms with Crippen molar-refractivity contribution in [3.63, 3.8) is 0 Å². The molecule has 2 nitrogen and oxygen atoms in total. The van der Waals surface area contributed by atoms with Crippen LogP contribution >= 0.6 is 11.6 Å². The molecule has 0 bridgehead atoms. The van der Waals surface area contributed by atoms with Crippen LogP contribution in [0.2, 0.25) is 5.02 Å². The molecule has 0 fully saturated rings. The summed E-state index contributed by atoms with van der Waals surface area (Å²) in [5.74, 6) is -0.934. The molecule has 0 radical (unpaired) electrons. The monoisotopic (exact) mass is 232 g/mol. The Kier molecular flexibility index (Phi) is 6.71. The lowest BCUT2D eigenvalue weighted by Gasteiger charge is -2.04. The van der Waals surface area contributed by atoms with Gasteiger partial charge in [0.05, 0.1) is 6.42 Å². The molecule has 0 aliphatic carbocycles. The lowest BCUT2D eigenvalue weighted by molar-refractivity contribution is -0.182. The van der Waals surface area contributed by atoms with Gasteiger partial charge in [-0.25, -0.2) is 4.79 Å². The molecule has 0 aliphatic heterocycles. The number of carbonyl (C=O) groups is 1. The smallest absolute Gasteiger partial charge is 0.255 e. The predicted molar refractivity (Wildman–Crippen MR) is 58.4 cm³/mol. The van der Waals surface area contributed by atoms with E-state index in [9.17, 15) is 9.32 Å². The maximum atomic E-state index is 11.4. The van der Waals surface area contributed by atoms with Crippen LogP contribution in [0.25, 0.3) is 0 Å². The molecular weight excluding hydrogens is 219 g/mol. The van der Waals surface area contributed by atoms with Gasteiger partial charge < -0.3 is 0 Å². The van der Waals surface area contributed by atoms with Crippen LogP contribution in [0.15, 0.2) is 18.2 Å². The topological polar surface area (TPSA) is 26.3 Å². The Bertz CT molecular complexity index is 306. The van der Waals surface area contributed by atoms with Crippen LogP contribution in [-0.4, -0.2) is 5.97 Å². The van der Waals surface area contributed by atoms with Gasteiger partial charge in [0.15, 0.2) is 0 Å². The minimum atomic E-state index is -0.934. The molecule has 0 amide bonds. The summed E-state index contributed by atoms with van der Waals surface area (Å²) in [6.45, 7) is 5.80. The summed E-state index contributed by atoms with van der Waals surface area (Å²) in [4.78, 5) is 13.7. The van der Waals surface area contributed by atoms with Gasteiger partial charge in [-0.1, -0.05) is 37.6 Å². The number of benzene rings is 1. The van der Waals surface area contributed by atoms with Gasteiger partial charge in [-0.15, -0.1) is 0 Å². The lowest BCUT2D eigenvalue weighted by atomic mass is 10.1. The second-order valence-corrected chi connectivity index (χ2v) is 3.07. The summed E-state index contributed by atoms with van der Waals surface area (Å²) in [6.07, 6.45) is -0.137. The Labute approximate surface area is 93.9 Å². The number of hydrogen-bond donors (Lipinski definition) is 0. The number of hydrogen-bond acceptors (Lipinski definition) is 2. The highest BCUT2D eigenvalue weighted by atomic mass is 35.5. The number of carbonyl (C=O) groups excluding carboxylic acids is 1. The Morgan fingerprint density at radius 1 is 1.47 bits per heavy atom. The number of halogens is 2. The van der Waals surface area contributed by atoms with Gasteiger partial charge in [-0.05, 0) is 24.1 Å². The fraction of sp³-hybridized carbons (Fsp3) is 0.364. The fourth-order valence-corrected chi connectivity index (χ4v) is 1.35. The van der Waals surface area contributed by atoms with Gasteiger partial charge >= 0.3 is 5.97 Å². The first-order valence-corrected chi connectivity index (χ1v) is 5.08. The quantitative estimate of drug-likeness (QED) is 0.778. The van der Waals surface area contributed by atoms with Gasteiger partial charge in [0.25, 0.3) is 0 Å². The summed E-state index contributed by atoms with van der Waals surface area (Å²) < 4.78 is 11.4. The van der Waals surface area contributed by atoms with Crippen molar-refractivity contribution in [2.75, 3.05) is 0 Å². The Balaban J connectivity index is 0.000000921. The van der Waals surface area contributed by atoms with Crippen molar-refractivity contribution >= 4 is 17.6 Å². The van der Waals surface area contributed by atoms with E-state index in [1.54, 1.807) is 25.1 Å². The third-order valence-electron chi connectivity index (χ3n) is 1.76. The molecule has 4 heteroatoms. The predicted octanol–water partition coefficient (Wildman–Crippen LogP) is 3.64. The van der Waals surface area contributed by atoms with E-state index in [4.69, 9.17) is 11.6 Å². The minimum Gasteiger partial charge on any atom is -0.255 e. The summed E-state index contributed by atoms with van der Waals surface area (Å²) in [7, 11) is 0. The first kappa shape index (κ1) is 13.9. The largest absolute Gasteiger partial charge is 0.353 e. The van der Waals surface area contributed by atoms with E-state index in [1.807, 2.05) is 13.8 Å². The Morgan fingerprint density at radius 2 is 2.07 bits per heavy atom.